The van der Waals surface area contributed by atoms with Crippen molar-refractivity contribution in [1.82, 2.24) is 15.0 Å². The molecule has 2 aromatic heterocycles. The number of nitrogens with zero attached hydrogens (tertiary/aromatic N) is 3. The third-order valence-electron chi connectivity index (χ3n) is 6.75. The third-order valence-corrected chi connectivity index (χ3v) is 6.75. The summed E-state index contributed by atoms with van der Waals surface area (Å²) in [5, 5.41) is 20.3. The van der Waals surface area contributed by atoms with Crippen molar-refractivity contribution in [3.05, 3.63) is 23.8 Å². The van der Waals surface area contributed by atoms with E-state index in [0.717, 1.165) is 60.8 Å². The molecular weight excluding hydrogens is 370 g/mol. The van der Waals surface area contributed by atoms with Crippen LogP contribution in [0.15, 0.2) is 12.4 Å². The Hall–Kier alpha value is -1.83. The fourth-order valence-electron chi connectivity index (χ4n) is 4.68. The van der Waals surface area contributed by atoms with E-state index in [1.54, 1.807) is 7.11 Å². The molecule has 0 bridgehead atoms. The lowest BCUT2D eigenvalue weighted by molar-refractivity contribution is -0.0120. The van der Waals surface area contributed by atoms with E-state index < -0.39 is 0 Å². The summed E-state index contributed by atoms with van der Waals surface area (Å²) < 4.78 is 11.5. The highest BCUT2D eigenvalue weighted by atomic mass is 16.5. The minimum Gasteiger partial charge on any atom is -0.474 e. The van der Waals surface area contributed by atoms with Crippen LogP contribution in [0, 0.1) is 5.92 Å². The molecular formula is C22H29N3O4. The maximum Gasteiger partial charge on any atom is 0.224 e. The molecule has 5 rings (SSSR count). The molecule has 0 unspecified atom stereocenters. The maximum atomic E-state index is 9.89. The summed E-state index contributed by atoms with van der Waals surface area (Å²) in [6.45, 7) is 0. The molecule has 0 amide bonds. The number of methoxy groups -OCH3 is 1. The third kappa shape index (κ3) is 3.96. The monoisotopic (exact) mass is 399 g/mol. The minimum atomic E-state index is -0.269. The van der Waals surface area contributed by atoms with Crippen LogP contribution in [0.5, 0.6) is 5.88 Å². The van der Waals surface area contributed by atoms with Crippen LogP contribution in [0.3, 0.4) is 0 Å². The Labute approximate surface area is 170 Å². The first-order valence-electron chi connectivity index (χ1n) is 10.8. The molecule has 3 fully saturated rings. The highest BCUT2D eigenvalue weighted by Crippen LogP contribution is 2.39. The molecule has 2 aromatic rings. The van der Waals surface area contributed by atoms with E-state index in [9.17, 15) is 10.2 Å². The molecule has 3 saturated carbocycles. The Morgan fingerprint density at radius 2 is 1.79 bits per heavy atom. The van der Waals surface area contributed by atoms with Crippen LogP contribution in [0.2, 0.25) is 0 Å². The van der Waals surface area contributed by atoms with Gasteiger partial charge < -0.3 is 19.7 Å². The van der Waals surface area contributed by atoms with Crippen LogP contribution in [-0.4, -0.2) is 56.7 Å². The Kier molecular flexibility index (Phi) is 5.14. The second-order valence-corrected chi connectivity index (χ2v) is 8.91. The summed E-state index contributed by atoms with van der Waals surface area (Å²) in [6, 6.07) is 0. The standard InChI is InChI=1S/C22H29N3O4/c1-28-19-6-13(19)7-20-23-11-18-21(25-20)17(12-2-4-14(26)5-3-12)10-24-22(18)29-16-8-15(27)9-16/h10-16,19,26-27H,2-9H2,1H3/t12?,13-,14?,15?,16?,19+/m1/s1. The summed E-state index contributed by atoms with van der Waals surface area (Å²) in [7, 11) is 1.76. The molecule has 7 nitrogen and oxygen atoms in total. The zero-order valence-corrected chi connectivity index (χ0v) is 16.8. The Morgan fingerprint density at radius 3 is 2.48 bits per heavy atom. The van der Waals surface area contributed by atoms with Crippen molar-refractivity contribution in [3.63, 3.8) is 0 Å². The summed E-state index contributed by atoms with van der Waals surface area (Å²) in [5.74, 6) is 2.25. The molecule has 156 valence electrons. The van der Waals surface area contributed by atoms with Gasteiger partial charge in [0.1, 0.15) is 11.9 Å². The van der Waals surface area contributed by atoms with Crippen molar-refractivity contribution in [2.45, 2.75) is 81.7 Å². The van der Waals surface area contributed by atoms with E-state index in [-0.39, 0.29) is 18.3 Å². The Balaban J connectivity index is 1.46. The number of hydrogen-bond donors (Lipinski definition) is 2. The first kappa shape index (κ1) is 19.2. The van der Waals surface area contributed by atoms with Gasteiger partial charge in [0.05, 0.1) is 29.2 Å². The Morgan fingerprint density at radius 1 is 1.00 bits per heavy atom. The van der Waals surface area contributed by atoms with Gasteiger partial charge in [0.15, 0.2) is 0 Å². The van der Waals surface area contributed by atoms with Crippen molar-refractivity contribution in [2.24, 2.45) is 5.92 Å². The van der Waals surface area contributed by atoms with E-state index in [1.165, 1.54) is 0 Å². The molecule has 2 N–H and O–H groups in total. The highest BCUT2D eigenvalue weighted by molar-refractivity contribution is 5.85. The van der Waals surface area contributed by atoms with E-state index in [4.69, 9.17) is 14.5 Å². The van der Waals surface area contributed by atoms with Crippen molar-refractivity contribution < 1.29 is 19.7 Å². The highest BCUT2D eigenvalue weighted by Gasteiger charge is 2.38. The number of aromatic nitrogens is 3. The zero-order valence-electron chi connectivity index (χ0n) is 16.8. The smallest absolute Gasteiger partial charge is 0.224 e. The van der Waals surface area contributed by atoms with Crippen LogP contribution in [0.4, 0.5) is 0 Å². The van der Waals surface area contributed by atoms with Crippen molar-refractivity contribution in [2.75, 3.05) is 7.11 Å². The van der Waals surface area contributed by atoms with Gasteiger partial charge in [-0.15, -0.1) is 0 Å². The molecule has 3 aliphatic rings. The fraction of sp³-hybridized carbons (Fsp3) is 0.682. The first-order valence-corrected chi connectivity index (χ1v) is 10.8. The second kappa shape index (κ2) is 7.78. The Bertz CT molecular complexity index is 878. The number of hydrogen-bond acceptors (Lipinski definition) is 7. The molecule has 0 radical (unpaired) electrons. The van der Waals surface area contributed by atoms with Crippen LogP contribution in [-0.2, 0) is 11.2 Å². The zero-order chi connectivity index (χ0) is 20.0. The molecule has 0 aromatic carbocycles. The number of fused-ring (bicyclic) bond motifs is 1. The van der Waals surface area contributed by atoms with E-state index in [2.05, 4.69) is 9.97 Å². The van der Waals surface area contributed by atoms with Crippen LogP contribution in [0.25, 0.3) is 10.9 Å². The number of aliphatic hydroxyl groups excluding tert-OH is 2. The normalized spacial score (nSPS) is 34.0. The quantitative estimate of drug-likeness (QED) is 0.770. The summed E-state index contributed by atoms with van der Waals surface area (Å²) in [4.78, 5) is 14.2. The number of aliphatic hydroxyl groups is 2. The largest absolute Gasteiger partial charge is 0.474 e. The van der Waals surface area contributed by atoms with Crippen LogP contribution >= 0.6 is 0 Å². The van der Waals surface area contributed by atoms with Gasteiger partial charge in [-0.05, 0) is 43.9 Å². The topological polar surface area (TPSA) is 97.6 Å². The van der Waals surface area contributed by atoms with Crippen molar-refractivity contribution >= 4 is 10.9 Å². The molecule has 0 spiro atoms. The minimum absolute atomic E-state index is 0.00461. The van der Waals surface area contributed by atoms with Gasteiger partial charge >= 0.3 is 0 Å². The molecule has 2 atom stereocenters. The predicted molar refractivity (Wildman–Crippen MR) is 107 cm³/mol. The number of ether oxygens (including phenoxy) is 2. The van der Waals surface area contributed by atoms with E-state index in [1.807, 2.05) is 12.4 Å². The lowest BCUT2D eigenvalue weighted by Crippen LogP contribution is -2.37. The SMILES string of the molecule is CO[C@H]1C[C@@H]1Cc1ncc2c(OC3CC(O)C3)ncc(C3CCC(O)CC3)c2n1. The summed E-state index contributed by atoms with van der Waals surface area (Å²) in [6.07, 6.45) is 10.3. The van der Waals surface area contributed by atoms with Gasteiger partial charge in [-0.2, -0.15) is 0 Å². The van der Waals surface area contributed by atoms with Gasteiger partial charge in [-0.25, -0.2) is 15.0 Å². The average molecular weight is 399 g/mol. The molecule has 2 heterocycles. The van der Waals surface area contributed by atoms with Gasteiger partial charge in [-0.1, -0.05) is 0 Å². The predicted octanol–water partition coefficient (Wildman–Crippen LogP) is 2.52. The molecule has 29 heavy (non-hydrogen) atoms. The number of rotatable bonds is 6. The van der Waals surface area contributed by atoms with Crippen LogP contribution < -0.4 is 4.74 Å². The lowest BCUT2D eigenvalue weighted by Gasteiger charge is -2.31. The molecule has 0 aliphatic heterocycles. The van der Waals surface area contributed by atoms with Crippen molar-refractivity contribution in [1.29, 1.82) is 0 Å². The van der Waals surface area contributed by atoms with E-state index in [0.29, 0.717) is 36.7 Å². The lowest BCUT2D eigenvalue weighted by atomic mass is 9.82. The van der Waals surface area contributed by atoms with Gasteiger partial charge in [-0.3, -0.25) is 0 Å². The van der Waals surface area contributed by atoms with Crippen LogP contribution in [0.1, 0.15) is 62.3 Å². The average Bonchev–Trinajstić information content (AvgIpc) is 3.45. The van der Waals surface area contributed by atoms with Crippen molar-refractivity contribution in [3.8, 4) is 5.88 Å². The van der Waals surface area contributed by atoms with E-state index >= 15 is 0 Å². The summed E-state index contributed by atoms with van der Waals surface area (Å²) in [5.41, 5.74) is 2.06. The first-order chi connectivity index (χ1) is 14.1. The van der Waals surface area contributed by atoms with Gasteiger partial charge in [0, 0.05) is 44.3 Å². The maximum absolute atomic E-state index is 9.89. The molecule has 7 heteroatoms. The molecule has 3 aliphatic carbocycles. The summed E-state index contributed by atoms with van der Waals surface area (Å²) >= 11 is 0. The number of pyridine rings is 1. The van der Waals surface area contributed by atoms with Gasteiger partial charge in [0.2, 0.25) is 5.88 Å². The molecule has 0 saturated heterocycles. The van der Waals surface area contributed by atoms with Gasteiger partial charge in [0.25, 0.3) is 0 Å². The fourth-order valence-corrected chi connectivity index (χ4v) is 4.68. The second-order valence-electron chi connectivity index (χ2n) is 8.91.